The lowest BCUT2D eigenvalue weighted by molar-refractivity contribution is -0.115. The van der Waals surface area contributed by atoms with Crippen molar-refractivity contribution in [3.63, 3.8) is 0 Å². The van der Waals surface area contributed by atoms with Gasteiger partial charge in [-0.3, -0.25) is 9.59 Å². The topological polar surface area (TPSA) is 96.5 Å². The van der Waals surface area contributed by atoms with Crippen molar-refractivity contribution in [1.82, 2.24) is 5.32 Å². The maximum Gasteiger partial charge on any atom is 0.408 e. The van der Waals surface area contributed by atoms with Crippen molar-refractivity contribution in [2.45, 2.75) is 26.4 Å². The number of carbonyl (C=O) groups excluding carboxylic acids is 3. The normalized spacial score (nSPS) is 10.8. The summed E-state index contributed by atoms with van der Waals surface area (Å²) in [5, 5.41) is 8.35. The van der Waals surface area contributed by atoms with Gasteiger partial charge in [0.2, 0.25) is 5.91 Å². The Balaban J connectivity index is 1.93. The second-order valence-electron chi connectivity index (χ2n) is 7.07. The number of carbonyl (C=O) groups is 3. The second-order valence-corrected chi connectivity index (χ2v) is 7.88. The fourth-order valence-electron chi connectivity index (χ4n) is 2.19. The highest BCUT2D eigenvalue weighted by Gasteiger charge is 2.16. The summed E-state index contributed by atoms with van der Waals surface area (Å²) in [7, 11) is 0. The first kappa shape index (κ1) is 22.5. The highest BCUT2D eigenvalue weighted by molar-refractivity contribution is 6.42. The standard InChI is InChI=1S/C20H21Cl2N3O4/c1-20(2,3)29-19(28)23-11-17(26)24-13-5-4-6-14(10-13)25-18(27)12-7-8-15(21)16(22)9-12/h4-10H,11H2,1-3H3,(H,23,28)(H,24,26)(H,25,27). The number of benzene rings is 2. The van der Waals surface area contributed by atoms with Crippen LogP contribution < -0.4 is 16.0 Å². The maximum atomic E-state index is 12.3. The van der Waals surface area contributed by atoms with Crippen LogP contribution in [0, 0.1) is 0 Å². The molecule has 0 radical (unpaired) electrons. The van der Waals surface area contributed by atoms with E-state index in [2.05, 4.69) is 16.0 Å². The number of hydrogen-bond acceptors (Lipinski definition) is 4. The Morgan fingerprint density at radius 1 is 0.931 bits per heavy atom. The molecule has 29 heavy (non-hydrogen) atoms. The van der Waals surface area contributed by atoms with Gasteiger partial charge in [-0.25, -0.2) is 4.79 Å². The Morgan fingerprint density at radius 3 is 2.21 bits per heavy atom. The van der Waals surface area contributed by atoms with Crippen LogP contribution in [0.4, 0.5) is 16.2 Å². The van der Waals surface area contributed by atoms with Crippen molar-refractivity contribution >= 4 is 52.5 Å². The van der Waals surface area contributed by atoms with E-state index in [1.807, 2.05) is 0 Å². The van der Waals surface area contributed by atoms with E-state index in [1.165, 1.54) is 12.1 Å². The van der Waals surface area contributed by atoms with Crippen LogP contribution in [0.5, 0.6) is 0 Å². The average molecular weight is 438 g/mol. The molecule has 2 aromatic carbocycles. The van der Waals surface area contributed by atoms with Crippen LogP contribution in [0.1, 0.15) is 31.1 Å². The van der Waals surface area contributed by atoms with Gasteiger partial charge in [0.15, 0.2) is 0 Å². The molecule has 7 nitrogen and oxygen atoms in total. The van der Waals surface area contributed by atoms with E-state index >= 15 is 0 Å². The van der Waals surface area contributed by atoms with Gasteiger partial charge in [0.25, 0.3) is 5.91 Å². The molecule has 0 fully saturated rings. The summed E-state index contributed by atoms with van der Waals surface area (Å²) < 4.78 is 5.06. The minimum atomic E-state index is -0.685. The minimum Gasteiger partial charge on any atom is -0.444 e. The largest absolute Gasteiger partial charge is 0.444 e. The second kappa shape index (κ2) is 9.62. The Hall–Kier alpha value is -2.77. The van der Waals surface area contributed by atoms with Crippen LogP contribution >= 0.6 is 23.2 Å². The van der Waals surface area contributed by atoms with Crippen LogP contribution in [-0.4, -0.2) is 30.1 Å². The van der Waals surface area contributed by atoms with E-state index in [-0.39, 0.29) is 17.5 Å². The molecular formula is C20H21Cl2N3O4. The lowest BCUT2D eigenvalue weighted by atomic mass is 10.2. The van der Waals surface area contributed by atoms with Gasteiger partial charge < -0.3 is 20.7 Å². The molecule has 0 aliphatic carbocycles. The molecule has 0 aromatic heterocycles. The fourth-order valence-corrected chi connectivity index (χ4v) is 2.49. The first-order valence-corrected chi connectivity index (χ1v) is 9.42. The lowest BCUT2D eigenvalue weighted by Gasteiger charge is -2.19. The molecule has 0 aliphatic heterocycles. The van der Waals surface area contributed by atoms with Crippen LogP contribution in [0.2, 0.25) is 10.0 Å². The predicted molar refractivity (Wildman–Crippen MR) is 114 cm³/mol. The number of anilines is 2. The quantitative estimate of drug-likeness (QED) is 0.630. The summed E-state index contributed by atoms with van der Waals surface area (Å²) >= 11 is 11.8. The van der Waals surface area contributed by atoms with Crippen molar-refractivity contribution < 1.29 is 19.1 Å². The van der Waals surface area contributed by atoms with Gasteiger partial charge in [-0.15, -0.1) is 0 Å². The maximum absolute atomic E-state index is 12.3. The summed E-state index contributed by atoms with van der Waals surface area (Å²) in [6.07, 6.45) is -0.685. The van der Waals surface area contributed by atoms with E-state index in [0.717, 1.165) is 0 Å². The number of halogens is 2. The van der Waals surface area contributed by atoms with Gasteiger partial charge in [0.1, 0.15) is 12.1 Å². The highest BCUT2D eigenvalue weighted by Crippen LogP contribution is 2.23. The van der Waals surface area contributed by atoms with Crippen molar-refractivity contribution in [3.05, 3.63) is 58.1 Å². The zero-order valence-electron chi connectivity index (χ0n) is 16.1. The third kappa shape index (κ3) is 7.63. The summed E-state index contributed by atoms with van der Waals surface area (Å²) in [4.78, 5) is 35.9. The first-order chi connectivity index (χ1) is 13.5. The highest BCUT2D eigenvalue weighted by atomic mass is 35.5. The molecule has 0 unspecified atom stereocenters. The van der Waals surface area contributed by atoms with E-state index in [0.29, 0.717) is 22.0 Å². The molecule has 3 amide bonds. The van der Waals surface area contributed by atoms with Crippen LogP contribution in [-0.2, 0) is 9.53 Å². The number of ether oxygens (including phenoxy) is 1. The number of amides is 3. The Kier molecular flexibility index (Phi) is 7.47. The molecule has 2 rings (SSSR count). The predicted octanol–water partition coefficient (Wildman–Crippen LogP) is 4.71. The zero-order valence-corrected chi connectivity index (χ0v) is 17.6. The van der Waals surface area contributed by atoms with Gasteiger partial charge >= 0.3 is 6.09 Å². The third-order valence-corrected chi connectivity index (χ3v) is 4.12. The van der Waals surface area contributed by atoms with Crippen molar-refractivity contribution in [2.75, 3.05) is 17.2 Å². The summed E-state index contributed by atoms with van der Waals surface area (Å²) in [6, 6.07) is 11.1. The average Bonchev–Trinajstić information content (AvgIpc) is 2.61. The van der Waals surface area contributed by atoms with Crippen molar-refractivity contribution in [3.8, 4) is 0 Å². The Labute approximate surface area is 178 Å². The van der Waals surface area contributed by atoms with Crippen LogP contribution in [0.15, 0.2) is 42.5 Å². The van der Waals surface area contributed by atoms with E-state index in [4.69, 9.17) is 27.9 Å². The number of rotatable bonds is 5. The molecule has 2 aromatic rings. The summed E-state index contributed by atoms with van der Waals surface area (Å²) in [5.41, 5.74) is 0.615. The van der Waals surface area contributed by atoms with E-state index < -0.39 is 17.6 Å². The molecule has 0 saturated carbocycles. The number of nitrogens with one attached hydrogen (secondary N) is 3. The summed E-state index contributed by atoms with van der Waals surface area (Å²) in [5.74, 6) is -0.817. The number of hydrogen-bond donors (Lipinski definition) is 3. The monoisotopic (exact) mass is 437 g/mol. The molecule has 0 bridgehead atoms. The van der Waals surface area contributed by atoms with Gasteiger partial charge in [-0.2, -0.15) is 0 Å². The molecule has 9 heteroatoms. The minimum absolute atomic E-state index is 0.255. The fraction of sp³-hybridized carbons (Fsp3) is 0.250. The molecular weight excluding hydrogens is 417 g/mol. The zero-order chi connectivity index (χ0) is 21.6. The molecule has 154 valence electrons. The molecule has 0 aliphatic rings. The smallest absolute Gasteiger partial charge is 0.408 e. The molecule has 0 atom stereocenters. The number of alkyl carbamates (subject to hydrolysis) is 1. The third-order valence-electron chi connectivity index (χ3n) is 3.38. The molecule has 0 heterocycles. The lowest BCUT2D eigenvalue weighted by Crippen LogP contribution is -2.37. The van der Waals surface area contributed by atoms with Gasteiger partial charge in [-0.1, -0.05) is 29.3 Å². The van der Waals surface area contributed by atoms with Crippen molar-refractivity contribution in [1.29, 1.82) is 0 Å². The van der Waals surface area contributed by atoms with Gasteiger partial charge in [0, 0.05) is 16.9 Å². The van der Waals surface area contributed by atoms with Gasteiger partial charge in [0.05, 0.1) is 10.0 Å². The summed E-state index contributed by atoms with van der Waals surface area (Å²) in [6.45, 7) is 4.92. The van der Waals surface area contributed by atoms with Crippen molar-refractivity contribution in [2.24, 2.45) is 0 Å². The van der Waals surface area contributed by atoms with Crippen LogP contribution in [0.3, 0.4) is 0 Å². The Bertz CT molecular complexity index is 926. The van der Waals surface area contributed by atoms with E-state index in [1.54, 1.807) is 51.1 Å². The van der Waals surface area contributed by atoms with E-state index in [9.17, 15) is 14.4 Å². The van der Waals surface area contributed by atoms with Gasteiger partial charge in [-0.05, 0) is 57.2 Å². The van der Waals surface area contributed by atoms with Crippen LogP contribution in [0.25, 0.3) is 0 Å². The SMILES string of the molecule is CC(C)(C)OC(=O)NCC(=O)Nc1cccc(NC(=O)c2ccc(Cl)c(Cl)c2)c1. The molecule has 3 N–H and O–H groups in total. The molecule has 0 saturated heterocycles. The molecule has 0 spiro atoms. The first-order valence-electron chi connectivity index (χ1n) is 8.67. The Morgan fingerprint density at radius 2 is 1.59 bits per heavy atom.